The lowest BCUT2D eigenvalue weighted by atomic mass is 9.91. The Labute approximate surface area is 73.9 Å². The highest BCUT2D eigenvalue weighted by molar-refractivity contribution is 4.77. The summed E-state index contributed by atoms with van der Waals surface area (Å²) in [6, 6.07) is 0.303. The van der Waals surface area contributed by atoms with Crippen LogP contribution < -0.4 is 5.73 Å². The van der Waals surface area contributed by atoms with E-state index >= 15 is 0 Å². The van der Waals surface area contributed by atoms with Crippen LogP contribution in [0.1, 0.15) is 19.8 Å². The Kier molecular flexibility index (Phi) is 3.95. The van der Waals surface area contributed by atoms with Gasteiger partial charge in [-0.3, -0.25) is 0 Å². The summed E-state index contributed by atoms with van der Waals surface area (Å²) >= 11 is 0. The van der Waals surface area contributed by atoms with Crippen molar-refractivity contribution in [2.75, 3.05) is 26.3 Å². The van der Waals surface area contributed by atoms with E-state index in [9.17, 15) is 4.39 Å². The van der Waals surface area contributed by atoms with E-state index in [1.165, 1.54) is 0 Å². The number of likely N-dealkylation sites (tertiary alicyclic amines) is 1. The SMILES string of the molecule is CC(N)C1CCN(CCF)CC1. The summed E-state index contributed by atoms with van der Waals surface area (Å²) < 4.78 is 12.0. The number of alkyl halides is 1. The summed E-state index contributed by atoms with van der Waals surface area (Å²) in [5.74, 6) is 0.654. The number of nitrogens with two attached hydrogens (primary N) is 1. The fraction of sp³-hybridized carbons (Fsp3) is 1.00. The molecule has 0 amide bonds. The predicted octanol–water partition coefficient (Wildman–Crippen LogP) is 1.02. The van der Waals surface area contributed by atoms with Gasteiger partial charge >= 0.3 is 0 Å². The molecule has 1 atom stereocenters. The van der Waals surface area contributed by atoms with Crippen LogP contribution in [0.2, 0.25) is 0 Å². The number of rotatable bonds is 3. The maximum absolute atomic E-state index is 12.0. The lowest BCUT2D eigenvalue weighted by Crippen LogP contribution is -2.40. The van der Waals surface area contributed by atoms with Gasteiger partial charge < -0.3 is 10.6 Å². The van der Waals surface area contributed by atoms with E-state index in [0.29, 0.717) is 18.5 Å². The molecule has 1 rings (SSSR count). The largest absolute Gasteiger partial charge is 0.328 e. The summed E-state index contributed by atoms with van der Waals surface area (Å²) in [6.45, 7) is 4.50. The highest BCUT2D eigenvalue weighted by Crippen LogP contribution is 2.18. The maximum Gasteiger partial charge on any atom is 0.102 e. The summed E-state index contributed by atoms with van der Waals surface area (Å²) in [5, 5.41) is 0. The lowest BCUT2D eigenvalue weighted by molar-refractivity contribution is 0.162. The third-order valence-corrected chi connectivity index (χ3v) is 2.78. The Morgan fingerprint density at radius 1 is 1.50 bits per heavy atom. The monoisotopic (exact) mass is 174 g/mol. The average molecular weight is 174 g/mol. The van der Waals surface area contributed by atoms with Gasteiger partial charge in [-0.05, 0) is 38.8 Å². The van der Waals surface area contributed by atoms with Crippen molar-refractivity contribution in [3.05, 3.63) is 0 Å². The molecule has 0 aromatic heterocycles. The first kappa shape index (κ1) is 9.93. The minimum atomic E-state index is -0.219. The standard InChI is InChI=1S/C9H19FN2/c1-8(11)9-2-5-12(6-3-9)7-4-10/h8-9H,2-7,11H2,1H3. The van der Waals surface area contributed by atoms with Crippen LogP contribution in [0.3, 0.4) is 0 Å². The number of halogens is 1. The van der Waals surface area contributed by atoms with Crippen molar-refractivity contribution in [1.29, 1.82) is 0 Å². The second-order valence-electron chi connectivity index (χ2n) is 3.73. The molecule has 72 valence electrons. The van der Waals surface area contributed by atoms with E-state index in [4.69, 9.17) is 5.73 Å². The average Bonchev–Trinajstić information content (AvgIpc) is 2.06. The topological polar surface area (TPSA) is 29.3 Å². The highest BCUT2D eigenvalue weighted by Gasteiger charge is 2.21. The highest BCUT2D eigenvalue weighted by atomic mass is 19.1. The van der Waals surface area contributed by atoms with Crippen LogP contribution in [-0.4, -0.2) is 37.3 Å². The first-order valence-corrected chi connectivity index (χ1v) is 4.78. The Balaban J connectivity index is 2.20. The van der Waals surface area contributed by atoms with Gasteiger partial charge in [-0.2, -0.15) is 0 Å². The van der Waals surface area contributed by atoms with Crippen molar-refractivity contribution < 1.29 is 4.39 Å². The van der Waals surface area contributed by atoms with E-state index in [2.05, 4.69) is 11.8 Å². The second kappa shape index (κ2) is 4.77. The van der Waals surface area contributed by atoms with E-state index in [1.807, 2.05) is 0 Å². The zero-order valence-electron chi connectivity index (χ0n) is 7.80. The van der Waals surface area contributed by atoms with Gasteiger partial charge in [0.25, 0.3) is 0 Å². The van der Waals surface area contributed by atoms with Crippen LogP contribution >= 0.6 is 0 Å². The Hall–Kier alpha value is -0.150. The molecule has 1 aliphatic rings. The molecule has 0 saturated carbocycles. The molecule has 1 fully saturated rings. The van der Waals surface area contributed by atoms with Crippen molar-refractivity contribution in [1.82, 2.24) is 4.90 Å². The molecule has 0 radical (unpaired) electrons. The molecular weight excluding hydrogens is 155 g/mol. The molecule has 2 N–H and O–H groups in total. The van der Waals surface area contributed by atoms with Gasteiger partial charge in [0.15, 0.2) is 0 Å². The minimum absolute atomic E-state index is 0.219. The van der Waals surface area contributed by atoms with Crippen LogP contribution in [0.15, 0.2) is 0 Å². The normalized spacial score (nSPS) is 24.2. The molecule has 3 heteroatoms. The van der Waals surface area contributed by atoms with Crippen LogP contribution in [0.25, 0.3) is 0 Å². The maximum atomic E-state index is 12.0. The third kappa shape index (κ3) is 2.72. The van der Waals surface area contributed by atoms with Gasteiger partial charge in [0.05, 0.1) is 0 Å². The van der Waals surface area contributed by atoms with Gasteiger partial charge in [0.1, 0.15) is 6.67 Å². The van der Waals surface area contributed by atoms with E-state index in [-0.39, 0.29) is 6.67 Å². The molecule has 0 aliphatic carbocycles. The fourth-order valence-corrected chi connectivity index (χ4v) is 1.82. The van der Waals surface area contributed by atoms with Crippen LogP contribution in [0.5, 0.6) is 0 Å². The smallest absolute Gasteiger partial charge is 0.102 e. The molecule has 1 unspecified atom stereocenters. The van der Waals surface area contributed by atoms with Crippen molar-refractivity contribution in [2.45, 2.75) is 25.8 Å². The fourth-order valence-electron chi connectivity index (χ4n) is 1.82. The Morgan fingerprint density at radius 3 is 2.50 bits per heavy atom. The molecule has 1 heterocycles. The van der Waals surface area contributed by atoms with E-state index < -0.39 is 0 Å². The summed E-state index contributed by atoms with van der Waals surface area (Å²) in [5.41, 5.74) is 5.79. The quantitative estimate of drug-likeness (QED) is 0.692. The van der Waals surface area contributed by atoms with Gasteiger partial charge in [0.2, 0.25) is 0 Å². The van der Waals surface area contributed by atoms with Crippen molar-refractivity contribution >= 4 is 0 Å². The van der Waals surface area contributed by atoms with E-state index in [1.54, 1.807) is 0 Å². The van der Waals surface area contributed by atoms with Gasteiger partial charge in [0, 0.05) is 12.6 Å². The first-order valence-electron chi connectivity index (χ1n) is 4.78. The molecule has 0 aromatic rings. The summed E-state index contributed by atoms with van der Waals surface area (Å²) in [6.07, 6.45) is 2.27. The number of hydrogen-bond acceptors (Lipinski definition) is 2. The molecular formula is C9H19FN2. The van der Waals surface area contributed by atoms with E-state index in [0.717, 1.165) is 25.9 Å². The third-order valence-electron chi connectivity index (χ3n) is 2.78. The zero-order valence-corrected chi connectivity index (χ0v) is 7.80. The summed E-state index contributed by atoms with van der Waals surface area (Å²) in [4.78, 5) is 2.18. The zero-order chi connectivity index (χ0) is 8.97. The first-order chi connectivity index (χ1) is 5.74. The molecule has 0 spiro atoms. The molecule has 0 bridgehead atoms. The van der Waals surface area contributed by atoms with Crippen LogP contribution in [0, 0.1) is 5.92 Å². The predicted molar refractivity (Wildman–Crippen MR) is 48.8 cm³/mol. The van der Waals surface area contributed by atoms with Crippen molar-refractivity contribution in [2.24, 2.45) is 11.7 Å². The minimum Gasteiger partial charge on any atom is -0.328 e. The number of nitrogens with zero attached hydrogens (tertiary/aromatic N) is 1. The lowest BCUT2D eigenvalue weighted by Gasteiger charge is -2.32. The summed E-state index contributed by atoms with van der Waals surface area (Å²) in [7, 11) is 0. The Morgan fingerprint density at radius 2 is 2.08 bits per heavy atom. The van der Waals surface area contributed by atoms with Crippen molar-refractivity contribution in [3.8, 4) is 0 Å². The van der Waals surface area contributed by atoms with Gasteiger partial charge in [-0.25, -0.2) is 4.39 Å². The number of piperidine rings is 1. The van der Waals surface area contributed by atoms with Crippen LogP contribution in [-0.2, 0) is 0 Å². The number of hydrogen-bond donors (Lipinski definition) is 1. The van der Waals surface area contributed by atoms with Crippen LogP contribution in [0.4, 0.5) is 4.39 Å². The van der Waals surface area contributed by atoms with Gasteiger partial charge in [-0.15, -0.1) is 0 Å². The molecule has 2 nitrogen and oxygen atoms in total. The molecule has 12 heavy (non-hydrogen) atoms. The molecule has 1 saturated heterocycles. The van der Waals surface area contributed by atoms with Gasteiger partial charge in [-0.1, -0.05) is 0 Å². The molecule has 1 aliphatic heterocycles. The Bertz CT molecular complexity index is 120. The van der Waals surface area contributed by atoms with Crippen molar-refractivity contribution in [3.63, 3.8) is 0 Å². The second-order valence-corrected chi connectivity index (χ2v) is 3.73. The molecule has 0 aromatic carbocycles.